The summed E-state index contributed by atoms with van der Waals surface area (Å²) in [7, 11) is 0. The van der Waals surface area contributed by atoms with Crippen molar-refractivity contribution in [2.45, 2.75) is 26.9 Å². The maximum atomic E-state index is 6.12. The molecule has 0 saturated heterocycles. The van der Waals surface area contributed by atoms with Gasteiger partial charge in [-0.3, -0.25) is 5.84 Å². The van der Waals surface area contributed by atoms with E-state index in [1.54, 1.807) is 0 Å². The molecule has 116 valence electrons. The number of fused-ring (bicyclic) bond motifs is 3. The van der Waals surface area contributed by atoms with E-state index in [0.29, 0.717) is 18.3 Å². The summed E-state index contributed by atoms with van der Waals surface area (Å²) in [6.07, 6.45) is 0. The average Bonchev–Trinajstić information content (AvgIpc) is 2.84. The van der Waals surface area contributed by atoms with Crippen molar-refractivity contribution < 1.29 is 0 Å². The zero-order valence-electron chi connectivity index (χ0n) is 12.8. The molecule has 6 N–H and O–H groups in total. The summed E-state index contributed by atoms with van der Waals surface area (Å²) >= 11 is 0. The van der Waals surface area contributed by atoms with Crippen LogP contribution < -0.4 is 22.5 Å². The summed E-state index contributed by atoms with van der Waals surface area (Å²) in [6, 6.07) is 7.99. The van der Waals surface area contributed by atoms with Gasteiger partial charge in [0.2, 0.25) is 0 Å². The van der Waals surface area contributed by atoms with E-state index in [9.17, 15) is 0 Å². The second-order valence-corrected chi connectivity index (χ2v) is 5.74. The minimum absolute atomic E-state index is 0.457. The van der Waals surface area contributed by atoms with Crippen LogP contribution in [0.2, 0.25) is 0 Å². The van der Waals surface area contributed by atoms with Gasteiger partial charge in [0.15, 0.2) is 5.82 Å². The van der Waals surface area contributed by atoms with Crippen LogP contribution in [0.4, 0.5) is 5.82 Å². The number of nitrogens with two attached hydrogens (primary N) is 2. The minimum Gasteiger partial charge on any atom is -0.382 e. The molecule has 0 saturated carbocycles. The Hall–Kier alpha value is -2.22. The molecule has 0 atom stereocenters. The average molecular weight is 299 g/mol. The van der Waals surface area contributed by atoms with Gasteiger partial charge in [-0.25, -0.2) is 15.4 Å². The van der Waals surface area contributed by atoms with Crippen LogP contribution in [-0.2, 0) is 13.1 Å². The van der Waals surface area contributed by atoms with E-state index in [1.165, 1.54) is 0 Å². The highest BCUT2D eigenvalue weighted by atomic mass is 15.5. The number of nitrogen functional groups attached to an aromatic ring is 1. The van der Waals surface area contributed by atoms with Crippen LogP contribution in [0.5, 0.6) is 0 Å². The van der Waals surface area contributed by atoms with E-state index in [-0.39, 0.29) is 0 Å². The van der Waals surface area contributed by atoms with Crippen molar-refractivity contribution in [3.05, 3.63) is 30.1 Å². The molecule has 0 aliphatic heterocycles. The minimum atomic E-state index is 0.457. The van der Waals surface area contributed by atoms with E-state index in [2.05, 4.69) is 45.4 Å². The zero-order chi connectivity index (χ0) is 15.7. The standard InChI is InChI=1S/C15H21N7/c1-9(2)8-22-12(7-18-21-17)20-13-14(22)10-5-3-4-6-11(10)19-15(13)16/h3-6,9,18,21H,7-8,17H2,1-2H3,(H2,16,19). The molecule has 0 aliphatic rings. The number of benzene rings is 1. The summed E-state index contributed by atoms with van der Waals surface area (Å²) in [4.78, 5) is 9.13. The highest BCUT2D eigenvalue weighted by Gasteiger charge is 2.17. The predicted molar refractivity (Wildman–Crippen MR) is 88.4 cm³/mol. The number of para-hydroxylation sites is 1. The van der Waals surface area contributed by atoms with Gasteiger partial charge in [0.25, 0.3) is 0 Å². The number of hydrogen-bond acceptors (Lipinski definition) is 6. The van der Waals surface area contributed by atoms with Gasteiger partial charge in [0.1, 0.15) is 11.3 Å². The predicted octanol–water partition coefficient (Wildman–Crippen LogP) is 1.29. The van der Waals surface area contributed by atoms with Crippen LogP contribution in [0.3, 0.4) is 0 Å². The first-order chi connectivity index (χ1) is 10.6. The molecule has 3 aromatic rings. The Labute approximate surface area is 128 Å². The maximum Gasteiger partial charge on any atom is 0.152 e. The van der Waals surface area contributed by atoms with Crippen LogP contribution in [0.25, 0.3) is 21.9 Å². The van der Waals surface area contributed by atoms with Crippen LogP contribution in [0.1, 0.15) is 19.7 Å². The molecule has 0 spiro atoms. The molecule has 0 radical (unpaired) electrons. The number of imidazole rings is 1. The third kappa shape index (κ3) is 2.50. The molecule has 2 heterocycles. The smallest absolute Gasteiger partial charge is 0.152 e. The first-order valence-corrected chi connectivity index (χ1v) is 7.33. The van der Waals surface area contributed by atoms with Gasteiger partial charge in [0, 0.05) is 11.9 Å². The Morgan fingerprint density at radius 1 is 1.23 bits per heavy atom. The Kier molecular flexibility index (Phi) is 3.93. The Morgan fingerprint density at radius 3 is 2.73 bits per heavy atom. The first kappa shape index (κ1) is 14.7. The number of pyridine rings is 1. The van der Waals surface area contributed by atoms with Crippen molar-refractivity contribution in [3.63, 3.8) is 0 Å². The Balaban J connectivity index is 2.32. The van der Waals surface area contributed by atoms with Crippen LogP contribution in [-0.4, -0.2) is 14.5 Å². The maximum absolute atomic E-state index is 6.12. The number of nitrogens with one attached hydrogen (secondary N) is 2. The van der Waals surface area contributed by atoms with Gasteiger partial charge >= 0.3 is 0 Å². The van der Waals surface area contributed by atoms with Gasteiger partial charge in [-0.05, 0) is 12.0 Å². The largest absolute Gasteiger partial charge is 0.382 e. The summed E-state index contributed by atoms with van der Waals surface area (Å²) in [5.74, 6) is 7.13. The molecule has 3 rings (SSSR count). The van der Waals surface area contributed by atoms with E-state index in [1.807, 2.05) is 18.2 Å². The van der Waals surface area contributed by atoms with Crippen molar-refractivity contribution >= 4 is 27.8 Å². The van der Waals surface area contributed by atoms with Gasteiger partial charge in [-0.1, -0.05) is 32.0 Å². The van der Waals surface area contributed by atoms with Gasteiger partial charge in [0.05, 0.1) is 17.6 Å². The highest BCUT2D eigenvalue weighted by Crippen LogP contribution is 2.29. The highest BCUT2D eigenvalue weighted by molar-refractivity contribution is 6.06. The van der Waals surface area contributed by atoms with E-state index >= 15 is 0 Å². The summed E-state index contributed by atoms with van der Waals surface area (Å²) < 4.78 is 2.20. The quantitative estimate of drug-likeness (QED) is 0.418. The molecule has 0 aliphatic carbocycles. The third-order valence-corrected chi connectivity index (χ3v) is 3.59. The van der Waals surface area contributed by atoms with Crippen LogP contribution in [0, 0.1) is 5.92 Å². The fourth-order valence-corrected chi connectivity index (χ4v) is 2.73. The third-order valence-electron chi connectivity index (χ3n) is 3.59. The number of nitrogens with zero attached hydrogens (tertiary/aromatic N) is 3. The molecule has 1 aromatic carbocycles. The molecule has 0 unspecified atom stereocenters. The van der Waals surface area contributed by atoms with Gasteiger partial charge < -0.3 is 10.3 Å². The van der Waals surface area contributed by atoms with Crippen molar-refractivity contribution in [2.24, 2.45) is 11.8 Å². The number of hydrazine groups is 2. The van der Waals surface area contributed by atoms with E-state index in [4.69, 9.17) is 11.6 Å². The van der Waals surface area contributed by atoms with Crippen LogP contribution >= 0.6 is 0 Å². The summed E-state index contributed by atoms with van der Waals surface area (Å²) in [5, 5.41) is 1.06. The van der Waals surface area contributed by atoms with Crippen LogP contribution in [0.15, 0.2) is 24.3 Å². The number of aromatic nitrogens is 3. The molecular weight excluding hydrogens is 278 g/mol. The summed E-state index contributed by atoms with van der Waals surface area (Å²) in [6.45, 7) is 5.71. The number of hydrogen-bond donors (Lipinski definition) is 4. The second-order valence-electron chi connectivity index (χ2n) is 5.74. The molecule has 0 fully saturated rings. The van der Waals surface area contributed by atoms with Crippen molar-refractivity contribution in [2.75, 3.05) is 5.73 Å². The van der Waals surface area contributed by atoms with Gasteiger partial charge in [-0.15, -0.1) is 0 Å². The lowest BCUT2D eigenvalue weighted by Crippen LogP contribution is -2.37. The van der Waals surface area contributed by atoms with E-state index < -0.39 is 0 Å². The molecule has 2 aromatic heterocycles. The lowest BCUT2D eigenvalue weighted by molar-refractivity contribution is 0.483. The molecule has 0 bridgehead atoms. The monoisotopic (exact) mass is 299 g/mol. The Bertz CT molecular complexity index is 806. The second kappa shape index (κ2) is 5.88. The lowest BCUT2D eigenvalue weighted by atomic mass is 10.1. The molecule has 7 heteroatoms. The number of rotatable bonds is 5. The lowest BCUT2D eigenvalue weighted by Gasteiger charge is -2.13. The molecule has 22 heavy (non-hydrogen) atoms. The fourth-order valence-electron chi connectivity index (χ4n) is 2.73. The topological polar surface area (TPSA) is 107 Å². The van der Waals surface area contributed by atoms with Gasteiger partial charge in [-0.2, -0.15) is 5.53 Å². The molecule has 0 amide bonds. The molecule has 7 nitrogen and oxygen atoms in total. The van der Waals surface area contributed by atoms with Crippen molar-refractivity contribution in [1.29, 1.82) is 0 Å². The summed E-state index contributed by atoms with van der Waals surface area (Å²) in [5.41, 5.74) is 14.1. The normalized spacial score (nSPS) is 11.8. The first-order valence-electron chi connectivity index (χ1n) is 7.33. The van der Waals surface area contributed by atoms with E-state index in [0.717, 1.165) is 34.3 Å². The molecular formula is C15H21N7. The Morgan fingerprint density at radius 2 is 2.00 bits per heavy atom. The van der Waals surface area contributed by atoms with Crippen molar-refractivity contribution in [3.8, 4) is 0 Å². The van der Waals surface area contributed by atoms with Crippen molar-refractivity contribution in [1.82, 2.24) is 25.5 Å². The zero-order valence-corrected chi connectivity index (χ0v) is 12.8. The number of anilines is 1. The fraction of sp³-hybridized carbons (Fsp3) is 0.333. The SMILES string of the molecule is CC(C)Cn1c(CNNN)nc2c(N)nc3ccccc3c21.